The van der Waals surface area contributed by atoms with E-state index >= 15 is 0 Å². The van der Waals surface area contributed by atoms with E-state index in [2.05, 4.69) is 49.2 Å². The van der Waals surface area contributed by atoms with Crippen molar-refractivity contribution in [3.05, 3.63) is 53.4 Å². The predicted octanol–water partition coefficient (Wildman–Crippen LogP) is 4.24. The van der Waals surface area contributed by atoms with Gasteiger partial charge in [0.2, 0.25) is 0 Å². The van der Waals surface area contributed by atoms with Gasteiger partial charge in [-0.1, -0.05) is 38.1 Å². The Balaban J connectivity index is 2.72. The molecule has 0 aromatic carbocycles. The predicted molar refractivity (Wildman–Crippen MR) is 70.5 cm³/mol. The Labute approximate surface area is 98.9 Å². The van der Waals surface area contributed by atoms with Gasteiger partial charge in [0.25, 0.3) is 0 Å². The first kappa shape index (κ1) is 12.7. The van der Waals surface area contributed by atoms with Crippen molar-refractivity contribution in [2.45, 2.75) is 40.0 Å². The maximum Gasteiger partial charge on any atom is 0.0372 e. The van der Waals surface area contributed by atoms with E-state index in [1.54, 1.807) is 0 Å². The molecule has 1 aromatic rings. The third-order valence-electron chi connectivity index (χ3n) is 2.41. The molecule has 0 unspecified atom stereocenters. The van der Waals surface area contributed by atoms with E-state index in [0.29, 0.717) is 0 Å². The molecule has 0 atom stereocenters. The van der Waals surface area contributed by atoms with Gasteiger partial charge >= 0.3 is 0 Å². The fourth-order valence-corrected chi connectivity index (χ4v) is 1.57. The Morgan fingerprint density at radius 3 is 2.62 bits per heavy atom. The average Bonchev–Trinajstić information content (AvgIpc) is 2.29. The van der Waals surface area contributed by atoms with Crippen LogP contribution in [0.1, 0.15) is 37.9 Å². The fourth-order valence-electron chi connectivity index (χ4n) is 1.57. The summed E-state index contributed by atoms with van der Waals surface area (Å²) in [5.41, 5.74) is 3.75. The molecule has 0 spiro atoms. The Morgan fingerprint density at radius 1 is 1.25 bits per heavy atom. The van der Waals surface area contributed by atoms with Crippen molar-refractivity contribution in [1.82, 2.24) is 4.98 Å². The summed E-state index contributed by atoms with van der Waals surface area (Å²) < 4.78 is 0. The monoisotopic (exact) mass is 215 g/mol. The van der Waals surface area contributed by atoms with E-state index in [-0.39, 0.29) is 0 Å². The maximum atomic E-state index is 4.32. The summed E-state index contributed by atoms with van der Waals surface area (Å²) in [5.74, 6) is 0. The van der Waals surface area contributed by atoms with Crippen LogP contribution in [0, 0.1) is 6.92 Å². The third-order valence-corrected chi connectivity index (χ3v) is 2.41. The van der Waals surface area contributed by atoms with Crippen LogP contribution in [0.2, 0.25) is 0 Å². The lowest BCUT2D eigenvalue weighted by molar-refractivity contribution is 1.08. The zero-order valence-corrected chi connectivity index (χ0v) is 10.5. The van der Waals surface area contributed by atoms with Crippen molar-refractivity contribution in [3.8, 4) is 0 Å². The van der Waals surface area contributed by atoms with E-state index < -0.39 is 0 Å². The lowest BCUT2D eigenvalue weighted by Crippen LogP contribution is -1.90. The molecule has 0 saturated carbocycles. The number of pyridine rings is 1. The second-order valence-corrected chi connectivity index (χ2v) is 3.98. The SMILES string of the molecule is CC/C=C\C(=C/CC)Cc1ccc(C)nc1. The van der Waals surface area contributed by atoms with Gasteiger partial charge in [0.05, 0.1) is 0 Å². The normalized spacial score (nSPS) is 12.3. The van der Waals surface area contributed by atoms with Crippen LogP contribution in [-0.2, 0) is 6.42 Å². The van der Waals surface area contributed by atoms with Crippen LogP contribution < -0.4 is 0 Å². The lowest BCUT2D eigenvalue weighted by Gasteiger charge is -2.03. The third kappa shape index (κ3) is 4.43. The second kappa shape index (κ2) is 7.00. The molecule has 0 aliphatic rings. The summed E-state index contributed by atoms with van der Waals surface area (Å²) in [5, 5.41) is 0. The highest BCUT2D eigenvalue weighted by molar-refractivity contribution is 5.27. The van der Waals surface area contributed by atoms with Crippen LogP contribution >= 0.6 is 0 Å². The molecular formula is C15H21N. The summed E-state index contributed by atoms with van der Waals surface area (Å²) >= 11 is 0. The minimum atomic E-state index is 0.984. The molecule has 0 amide bonds. The molecule has 0 N–H and O–H groups in total. The summed E-state index contributed by atoms with van der Waals surface area (Å²) in [4.78, 5) is 4.32. The number of aromatic nitrogens is 1. The maximum absolute atomic E-state index is 4.32. The van der Waals surface area contributed by atoms with E-state index in [4.69, 9.17) is 0 Å². The quantitative estimate of drug-likeness (QED) is 0.670. The lowest BCUT2D eigenvalue weighted by atomic mass is 10.0. The Kier molecular flexibility index (Phi) is 5.55. The van der Waals surface area contributed by atoms with Gasteiger partial charge in [-0.3, -0.25) is 4.98 Å². The van der Waals surface area contributed by atoms with Crippen molar-refractivity contribution in [3.63, 3.8) is 0 Å². The Bertz CT molecular complexity index is 358. The standard InChI is InChI=1S/C15H21N/c1-4-6-8-14(7-5-2)11-15-10-9-13(3)16-12-15/h6-10,12H,4-5,11H2,1-3H3/b8-6-,14-7+. The largest absolute Gasteiger partial charge is 0.261 e. The number of allylic oxidation sites excluding steroid dienone is 4. The molecule has 1 aromatic heterocycles. The molecule has 16 heavy (non-hydrogen) atoms. The van der Waals surface area contributed by atoms with Crippen LogP contribution in [0.4, 0.5) is 0 Å². The minimum absolute atomic E-state index is 0.984. The molecule has 0 bridgehead atoms. The molecule has 0 radical (unpaired) electrons. The molecule has 0 aliphatic heterocycles. The first-order valence-corrected chi connectivity index (χ1v) is 6.03. The van der Waals surface area contributed by atoms with E-state index in [1.807, 2.05) is 13.1 Å². The Morgan fingerprint density at radius 2 is 2.06 bits per heavy atom. The van der Waals surface area contributed by atoms with E-state index in [0.717, 1.165) is 25.0 Å². The molecule has 0 saturated heterocycles. The molecule has 1 rings (SSSR count). The zero-order chi connectivity index (χ0) is 11.8. The topological polar surface area (TPSA) is 12.9 Å². The van der Waals surface area contributed by atoms with Gasteiger partial charge in [0, 0.05) is 11.9 Å². The molecule has 1 heteroatoms. The smallest absolute Gasteiger partial charge is 0.0372 e. The van der Waals surface area contributed by atoms with Crippen molar-refractivity contribution < 1.29 is 0 Å². The number of nitrogens with zero attached hydrogens (tertiary/aromatic N) is 1. The van der Waals surface area contributed by atoms with Gasteiger partial charge in [-0.15, -0.1) is 0 Å². The average molecular weight is 215 g/mol. The van der Waals surface area contributed by atoms with Crippen LogP contribution in [0.3, 0.4) is 0 Å². The van der Waals surface area contributed by atoms with E-state index in [9.17, 15) is 0 Å². The van der Waals surface area contributed by atoms with Crippen LogP contribution in [0.25, 0.3) is 0 Å². The highest BCUT2D eigenvalue weighted by Crippen LogP contribution is 2.10. The highest BCUT2D eigenvalue weighted by atomic mass is 14.7. The van der Waals surface area contributed by atoms with Gasteiger partial charge in [0.1, 0.15) is 0 Å². The second-order valence-electron chi connectivity index (χ2n) is 3.98. The fraction of sp³-hybridized carbons (Fsp3) is 0.400. The zero-order valence-electron chi connectivity index (χ0n) is 10.5. The summed E-state index contributed by atoms with van der Waals surface area (Å²) in [6, 6.07) is 4.23. The first-order chi connectivity index (χ1) is 7.76. The number of rotatable bonds is 5. The van der Waals surface area contributed by atoms with Crippen molar-refractivity contribution in [1.29, 1.82) is 0 Å². The van der Waals surface area contributed by atoms with Gasteiger partial charge in [0.15, 0.2) is 0 Å². The molecule has 1 heterocycles. The number of hydrogen-bond acceptors (Lipinski definition) is 1. The summed E-state index contributed by atoms with van der Waals surface area (Å²) in [6.45, 7) is 6.35. The van der Waals surface area contributed by atoms with Crippen molar-refractivity contribution >= 4 is 0 Å². The summed E-state index contributed by atoms with van der Waals surface area (Å²) in [7, 11) is 0. The summed E-state index contributed by atoms with van der Waals surface area (Å²) in [6.07, 6.45) is 11.9. The first-order valence-electron chi connectivity index (χ1n) is 6.03. The molecular weight excluding hydrogens is 194 g/mol. The van der Waals surface area contributed by atoms with Crippen LogP contribution in [-0.4, -0.2) is 4.98 Å². The molecule has 0 fully saturated rings. The highest BCUT2D eigenvalue weighted by Gasteiger charge is 1.96. The van der Waals surface area contributed by atoms with Crippen LogP contribution in [0.15, 0.2) is 42.1 Å². The minimum Gasteiger partial charge on any atom is -0.261 e. The molecule has 86 valence electrons. The van der Waals surface area contributed by atoms with E-state index in [1.165, 1.54) is 11.1 Å². The molecule has 1 nitrogen and oxygen atoms in total. The van der Waals surface area contributed by atoms with Gasteiger partial charge in [-0.05, 0) is 43.4 Å². The van der Waals surface area contributed by atoms with Gasteiger partial charge in [-0.25, -0.2) is 0 Å². The van der Waals surface area contributed by atoms with Crippen LogP contribution in [0.5, 0.6) is 0 Å². The molecule has 0 aliphatic carbocycles. The number of hydrogen-bond donors (Lipinski definition) is 0. The van der Waals surface area contributed by atoms with Gasteiger partial charge in [-0.2, -0.15) is 0 Å². The van der Waals surface area contributed by atoms with Gasteiger partial charge < -0.3 is 0 Å². The van der Waals surface area contributed by atoms with Crippen molar-refractivity contribution in [2.24, 2.45) is 0 Å². The Hall–Kier alpha value is -1.37. The number of aryl methyl sites for hydroxylation is 1. The van der Waals surface area contributed by atoms with Crippen molar-refractivity contribution in [2.75, 3.05) is 0 Å².